The normalized spacial score (nSPS) is 16.3. The zero-order valence-electron chi connectivity index (χ0n) is 13.4. The van der Waals surface area contributed by atoms with Gasteiger partial charge in [-0.05, 0) is 31.9 Å². The predicted octanol–water partition coefficient (Wildman–Crippen LogP) is 1.94. The quantitative estimate of drug-likeness (QED) is 0.659. The molecule has 1 aliphatic rings. The Morgan fingerprint density at radius 2 is 2.17 bits per heavy atom. The number of nitro benzene ring substituents is 1. The number of fused-ring (bicyclic) bond motifs is 1. The van der Waals surface area contributed by atoms with Crippen molar-refractivity contribution in [3.05, 3.63) is 45.5 Å². The van der Waals surface area contributed by atoms with Crippen molar-refractivity contribution in [2.24, 2.45) is 0 Å². The van der Waals surface area contributed by atoms with Crippen LogP contribution in [-0.4, -0.2) is 31.8 Å². The summed E-state index contributed by atoms with van der Waals surface area (Å²) >= 11 is 0. The molecule has 1 aliphatic heterocycles. The van der Waals surface area contributed by atoms with Gasteiger partial charge >= 0.3 is 6.03 Å². The maximum Gasteiger partial charge on any atom is 0.319 e. The summed E-state index contributed by atoms with van der Waals surface area (Å²) in [5, 5.41) is 20.7. The fraction of sp³-hybridized carbons (Fsp3) is 0.400. The number of rotatable bonds is 3. The Morgan fingerprint density at radius 3 is 2.92 bits per heavy atom. The van der Waals surface area contributed by atoms with Gasteiger partial charge in [0.15, 0.2) is 0 Å². The highest BCUT2D eigenvalue weighted by atomic mass is 16.6. The first kappa shape index (κ1) is 15.9. The van der Waals surface area contributed by atoms with Gasteiger partial charge < -0.3 is 10.6 Å². The van der Waals surface area contributed by atoms with E-state index in [2.05, 4.69) is 20.7 Å². The smallest absolute Gasteiger partial charge is 0.319 e. The standard InChI is InChI=1S/C15H18N6O3/c1-9-6-13(21(23)24)10(2)5-12(9)19-15(22)18-11-3-4-14-16-8-17-20(14)7-11/h5-6,8,11H,3-4,7H2,1-2H3,(H2,18,19,22)/t11-/m0/s1. The third-order valence-electron chi connectivity index (χ3n) is 4.13. The van der Waals surface area contributed by atoms with Crippen molar-refractivity contribution >= 4 is 17.4 Å². The number of carbonyl (C=O) groups excluding carboxylic acids is 1. The van der Waals surface area contributed by atoms with Crippen molar-refractivity contribution in [3.63, 3.8) is 0 Å². The molecule has 0 bridgehead atoms. The molecule has 0 unspecified atom stereocenters. The molecule has 0 spiro atoms. The molecular weight excluding hydrogens is 312 g/mol. The summed E-state index contributed by atoms with van der Waals surface area (Å²) < 4.78 is 1.79. The lowest BCUT2D eigenvalue weighted by atomic mass is 10.1. The van der Waals surface area contributed by atoms with E-state index < -0.39 is 4.92 Å². The Bertz CT molecular complexity index is 801. The van der Waals surface area contributed by atoms with Gasteiger partial charge in [0.25, 0.3) is 5.69 Å². The number of hydrogen-bond acceptors (Lipinski definition) is 5. The number of aryl methyl sites for hydroxylation is 3. The van der Waals surface area contributed by atoms with Crippen LogP contribution in [0.5, 0.6) is 0 Å². The Kier molecular flexibility index (Phi) is 4.15. The topological polar surface area (TPSA) is 115 Å². The third kappa shape index (κ3) is 3.19. The first-order valence-corrected chi connectivity index (χ1v) is 7.64. The van der Waals surface area contributed by atoms with Gasteiger partial charge in [-0.15, -0.1) is 0 Å². The molecular formula is C15H18N6O3. The summed E-state index contributed by atoms with van der Waals surface area (Å²) in [7, 11) is 0. The molecule has 24 heavy (non-hydrogen) atoms. The van der Waals surface area contributed by atoms with E-state index in [9.17, 15) is 14.9 Å². The monoisotopic (exact) mass is 330 g/mol. The Hall–Kier alpha value is -2.97. The fourth-order valence-corrected chi connectivity index (χ4v) is 2.83. The van der Waals surface area contributed by atoms with Crippen LogP contribution in [0.25, 0.3) is 0 Å². The van der Waals surface area contributed by atoms with Crippen molar-refractivity contribution in [1.82, 2.24) is 20.1 Å². The van der Waals surface area contributed by atoms with Gasteiger partial charge in [0.2, 0.25) is 0 Å². The molecule has 9 heteroatoms. The lowest BCUT2D eigenvalue weighted by molar-refractivity contribution is -0.385. The number of nitrogens with zero attached hydrogens (tertiary/aromatic N) is 4. The molecule has 126 valence electrons. The van der Waals surface area contributed by atoms with Crippen LogP contribution in [0, 0.1) is 24.0 Å². The SMILES string of the molecule is Cc1cc([N+](=O)[O-])c(C)cc1NC(=O)N[C@H]1CCc2ncnn2C1. The third-order valence-corrected chi connectivity index (χ3v) is 4.13. The predicted molar refractivity (Wildman–Crippen MR) is 86.9 cm³/mol. The number of anilines is 1. The van der Waals surface area contributed by atoms with E-state index in [0.29, 0.717) is 23.4 Å². The van der Waals surface area contributed by atoms with E-state index in [4.69, 9.17) is 0 Å². The molecule has 2 N–H and O–H groups in total. The second kappa shape index (κ2) is 6.26. The Balaban J connectivity index is 1.65. The number of carbonyl (C=O) groups is 1. The second-order valence-electron chi connectivity index (χ2n) is 5.90. The average molecular weight is 330 g/mol. The van der Waals surface area contributed by atoms with Gasteiger partial charge in [-0.1, -0.05) is 0 Å². The number of nitrogens with one attached hydrogen (secondary N) is 2. The molecule has 9 nitrogen and oxygen atoms in total. The first-order valence-electron chi connectivity index (χ1n) is 7.64. The molecule has 0 saturated heterocycles. The molecule has 2 aromatic rings. The maximum atomic E-state index is 12.2. The lowest BCUT2D eigenvalue weighted by Gasteiger charge is -2.23. The highest BCUT2D eigenvalue weighted by molar-refractivity contribution is 5.90. The average Bonchev–Trinajstić information content (AvgIpc) is 2.97. The molecule has 0 saturated carbocycles. The summed E-state index contributed by atoms with van der Waals surface area (Å²) in [4.78, 5) is 26.9. The van der Waals surface area contributed by atoms with Crippen LogP contribution >= 0.6 is 0 Å². The number of hydrogen-bond donors (Lipinski definition) is 2. The van der Waals surface area contributed by atoms with Gasteiger partial charge in [-0.3, -0.25) is 10.1 Å². The fourth-order valence-electron chi connectivity index (χ4n) is 2.83. The molecule has 1 aromatic heterocycles. The molecule has 0 radical (unpaired) electrons. The van der Waals surface area contributed by atoms with Gasteiger partial charge in [-0.2, -0.15) is 5.10 Å². The summed E-state index contributed by atoms with van der Waals surface area (Å²) in [6.07, 6.45) is 3.08. The molecule has 2 heterocycles. The van der Waals surface area contributed by atoms with E-state index in [0.717, 1.165) is 18.7 Å². The van der Waals surface area contributed by atoms with Gasteiger partial charge in [0, 0.05) is 23.7 Å². The molecule has 0 fully saturated rings. The van der Waals surface area contributed by atoms with Gasteiger partial charge in [0.05, 0.1) is 17.5 Å². The van der Waals surface area contributed by atoms with Gasteiger partial charge in [0.1, 0.15) is 12.2 Å². The Labute approximate surface area is 138 Å². The Morgan fingerprint density at radius 1 is 1.38 bits per heavy atom. The van der Waals surface area contributed by atoms with E-state index in [1.54, 1.807) is 24.6 Å². The van der Waals surface area contributed by atoms with Crippen molar-refractivity contribution in [1.29, 1.82) is 0 Å². The highest BCUT2D eigenvalue weighted by Crippen LogP contribution is 2.26. The first-order chi connectivity index (χ1) is 11.4. The number of urea groups is 1. The van der Waals surface area contributed by atoms with E-state index in [1.807, 2.05) is 0 Å². The van der Waals surface area contributed by atoms with Crippen LogP contribution in [0.15, 0.2) is 18.5 Å². The molecule has 1 atom stereocenters. The molecule has 0 aliphatic carbocycles. The minimum absolute atomic E-state index is 0.0290. The molecule has 3 rings (SSSR count). The van der Waals surface area contributed by atoms with Crippen molar-refractivity contribution in [3.8, 4) is 0 Å². The maximum absolute atomic E-state index is 12.2. The summed E-state index contributed by atoms with van der Waals surface area (Å²) in [5.74, 6) is 0.926. The second-order valence-corrected chi connectivity index (χ2v) is 5.90. The summed E-state index contributed by atoms with van der Waals surface area (Å²) in [6, 6.07) is 2.72. The molecule has 2 amide bonds. The minimum atomic E-state index is -0.427. The van der Waals surface area contributed by atoms with E-state index in [1.165, 1.54) is 12.4 Å². The largest absolute Gasteiger partial charge is 0.333 e. The summed E-state index contributed by atoms with van der Waals surface area (Å²) in [6.45, 7) is 3.96. The lowest BCUT2D eigenvalue weighted by Crippen LogP contribution is -2.43. The van der Waals surface area contributed by atoms with Crippen molar-refractivity contribution in [2.45, 2.75) is 39.3 Å². The van der Waals surface area contributed by atoms with Crippen LogP contribution in [0.2, 0.25) is 0 Å². The zero-order valence-corrected chi connectivity index (χ0v) is 13.4. The highest BCUT2D eigenvalue weighted by Gasteiger charge is 2.22. The zero-order chi connectivity index (χ0) is 17.3. The number of amides is 2. The van der Waals surface area contributed by atoms with Crippen LogP contribution < -0.4 is 10.6 Å². The van der Waals surface area contributed by atoms with E-state index >= 15 is 0 Å². The number of aromatic nitrogens is 3. The van der Waals surface area contributed by atoms with Crippen molar-refractivity contribution < 1.29 is 9.72 Å². The van der Waals surface area contributed by atoms with Crippen LogP contribution in [0.1, 0.15) is 23.4 Å². The van der Waals surface area contributed by atoms with E-state index in [-0.39, 0.29) is 17.8 Å². The van der Waals surface area contributed by atoms with Crippen LogP contribution in [-0.2, 0) is 13.0 Å². The van der Waals surface area contributed by atoms with Gasteiger partial charge in [-0.25, -0.2) is 14.5 Å². The van der Waals surface area contributed by atoms with Crippen LogP contribution in [0.4, 0.5) is 16.2 Å². The number of nitro groups is 1. The molecule has 1 aromatic carbocycles. The van der Waals surface area contributed by atoms with Crippen LogP contribution in [0.3, 0.4) is 0 Å². The van der Waals surface area contributed by atoms with Crippen molar-refractivity contribution in [2.75, 3.05) is 5.32 Å². The number of benzene rings is 1. The summed E-state index contributed by atoms with van der Waals surface area (Å²) in [5.41, 5.74) is 1.76. The minimum Gasteiger partial charge on any atom is -0.333 e.